The molecule has 0 aliphatic carbocycles. The van der Waals surface area contributed by atoms with Crippen LogP contribution in [0, 0.1) is 6.92 Å². The number of carbonyl (C=O) groups is 1. The van der Waals surface area contributed by atoms with Gasteiger partial charge in [-0.3, -0.25) is 9.36 Å². The smallest absolute Gasteiger partial charge is 0.234 e. The predicted molar refractivity (Wildman–Crippen MR) is 126 cm³/mol. The maximum absolute atomic E-state index is 12.4. The zero-order chi connectivity index (χ0) is 22.4. The molecule has 3 aromatic rings. The summed E-state index contributed by atoms with van der Waals surface area (Å²) in [6.45, 7) is 8.23. The van der Waals surface area contributed by atoms with Crippen molar-refractivity contribution in [2.75, 3.05) is 11.1 Å². The number of hydrogen-bond acceptors (Lipinski definition) is 5. The van der Waals surface area contributed by atoms with Crippen molar-refractivity contribution < 1.29 is 9.53 Å². The Morgan fingerprint density at radius 3 is 2.71 bits per heavy atom. The van der Waals surface area contributed by atoms with E-state index >= 15 is 0 Å². The Balaban J connectivity index is 1.68. The van der Waals surface area contributed by atoms with Crippen LogP contribution in [0.4, 0.5) is 5.69 Å². The van der Waals surface area contributed by atoms with Gasteiger partial charge in [0.05, 0.1) is 16.5 Å². The fourth-order valence-corrected chi connectivity index (χ4v) is 3.88. The highest BCUT2D eigenvalue weighted by molar-refractivity contribution is 7.99. The molecule has 0 fully saturated rings. The van der Waals surface area contributed by atoms with Crippen LogP contribution in [-0.4, -0.2) is 26.4 Å². The van der Waals surface area contributed by atoms with Crippen molar-refractivity contribution in [1.29, 1.82) is 0 Å². The molecule has 0 aliphatic heterocycles. The van der Waals surface area contributed by atoms with Crippen molar-refractivity contribution in [3.05, 3.63) is 76.6 Å². The number of ether oxygens (including phenoxy) is 1. The lowest BCUT2D eigenvalue weighted by molar-refractivity contribution is -0.113. The van der Waals surface area contributed by atoms with E-state index < -0.39 is 0 Å². The van der Waals surface area contributed by atoms with E-state index in [0.29, 0.717) is 33.3 Å². The molecular weight excluding hydrogens is 455 g/mol. The van der Waals surface area contributed by atoms with Crippen LogP contribution in [0.3, 0.4) is 0 Å². The quantitative estimate of drug-likeness (QED) is 0.305. The number of carbonyl (C=O) groups excluding carboxylic acids is 1. The van der Waals surface area contributed by atoms with Gasteiger partial charge in [-0.2, -0.15) is 0 Å². The fourth-order valence-electron chi connectivity index (χ4n) is 2.79. The van der Waals surface area contributed by atoms with Gasteiger partial charge in [0.15, 0.2) is 17.1 Å². The molecule has 1 aromatic heterocycles. The molecule has 0 bridgehead atoms. The molecule has 0 saturated heterocycles. The molecule has 0 saturated carbocycles. The molecule has 1 heterocycles. The molecule has 1 N–H and O–H groups in total. The average molecular weight is 477 g/mol. The molecule has 0 spiro atoms. The van der Waals surface area contributed by atoms with Crippen LogP contribution in [0.25, 0.3) is 0 Å². The zero-order valence-corrected chi connectivity index (χ0v) is 19.5. The first kappa shape index (κ1) is 23.2. The Kier molecular flexibility index (Phi) is 8.01. The summed E-state index contributed by atoms with van der Waals surface area (Å²) >= 11 is 13.3. The lowest BCUT2D eigenvalue weighted by atomic mass is 10.2. The summed E-state index contributed by atoms with van der Waals surface area (Å²) in [6.07, 6.45) is 1.42. The number of nitrogens with one attached hydrogen (secondary N) is 1. The number of aromatic nitrogens is 3. The van der Waals surface area contributed by atoms with Crippen molar-refractivity contribution in [2.24, 2.45) is 0 Å². The van der Waals surface area contributed by atoms with E-state index in [2.05, 4.69) is 22.1 Å². The highest BCUT2D eigenvalue weighted by atomic mass is 35.5. The number of rotatable bonds is 9. The molecule has 1 amide bonds. The molecule has 1 atom stereocenters. The Morgan fingerprint density at radius 1 is 1.26 bits per heavy atom. The second-order valence-corrected chi connectivity index (χ2v) is 8.56. The fraction of sp³-hybridized carbons (Fsp3) is 0.227. The largest absolute Gasteiger partial charge is 0.483 e. The number of halogens is 2. The first-order valence-corrected chi connectivity index (χ1v) is 11.3. The first-order valence-electron chi connectivity index (χ1n) is 9.52. The molecule has 2 aromatic carbocycles. The predicted octanol–water partition coefficient (Wildman–Crippen LogP) is 5.95. The molecular formula is C22H22Cl2N4O2S. The normalized spacial score (nSPS) is 11.7. The van der Waals surface area contributed by atoms with Crippen LogP contribution >= 0.6 is 35.0 Å². The van der Waals surface area contributed by atoms with Crippen LogP contribution in [0.1, 0.15) is 24.4 Å². The molecule has 0 radical (unpaired) electrons. The van der Waals surface area contributed by atoms with E-state index in [-0.39, 0.29) is 17.8 Å². The van der Waals surface area contributed by atoms with E-state index in [1.807, 2.05) is 42.7 Å². The van der Waals surface area contributed by atoms with Gasteiger partial charge < -0.3 is 10.1 Å². The summed E-state index contributed by atoms with van der Waals surface area (Å²) < 4.78 is 7.90. The van der Waals surface area contributed by atoms with Crippen LogP contribution in [0.2, 0.25) is 10.0 Å². The maximum Gasteiger partial charge on any atom is 0.234 e. The van der Waals surface area contributed by atoms with E-state index in [1.54, 1.807) is 24.3 Å². The molecule has 31 heavy (non-hydrogen) atoms. The number of nitrogens with zero attached hydrogens (tertiary/aromatic N) is 3. The minimum atomic E-state index is -0.330. The Morgan fingerprint density at radius 2 is 2.00 bits per heavy atom. The van der Waals surface area contributed by atoms with Gasteiger partial charge in [-0.15, -0.1) is 16.8 Å². The summed E-state index contributed by atoms with van der Waals surface area (Å²) in [6, 6.07) is 12.7. The monoisotopic (exact) mass is 476 g/mol. The second kappa shape index (κ2) is 10.7. The highest BCUT2D eigenvalue weighted by Crippen LogP contribution is 2.27. The van der Waals surface area contributed by atoms with Gasteiger partial charge in [0, 0.05) is 11.6 Å². The third kappa shape index (κ3) is 6.26. The van der Waals surface area contributed by atoms with Crippen LogP contribution in [-0.2, 0) is 11.3 Å². The number of allylic oxidation sites excluding steroid dienone is 1. The lowest BCUT2D eigenvalue weighted by Gasteiger charge is -2.16. The van der Waals surface area contributed by atoms with Crippen LogP contribution in [0.15, 0.2) is 60.3 Å². The van der Waals surface area contributed by atoms with Crippen LogP contribution in [0.5, 0.6) is 5.75 Å². The summed E-state index contributed by atoms with van der Waals surface area (Å²) in [4.78, 5) is 12.4. The highest BCUT2D eigenvalue weighted by Gasteiger charge is 2.20. The van der Waals surface area contributed by atoms with Gasteiger partial charge in [-0.05, 0) is 44.2 Å². The van der Waals surface area contributed by atoms with Gasteiger partial charge in [0.25, 0.3) is 0 Å². The van der Waals surface area contributed by atoms with Gasteiger partial charge in [0.1, 0.15) is 5.75 Å². The zero-order valence-electron chi connectivity index (χ0n) is 17.1. The first-order chi connectivity index (χ1) is 14.9. The number of aryl methyl sites for hydroxylation is 1. The van der Waals surface area contributed by atoms with Gasteiger partial charge in [0.2, 0.25) is 5.91 Å². The van der Waals surface area contributed by atoms with Gasteiger partial charge >= 0.3 is 0 Å². The van der Waals surface area contributed by atoms with E-state index in [9.17, 15) is 4.79 Å². The third-order valence-electron chi connectivity index (χ3n) is 4.29. The average Bonchev–Trinajstić information content (AvgIpc) is 3.14. The summed E-state index contributed by atoms with van der Waals surface area (Å²) in [5.74, 6) is 1.30. The minimum Gasteiger partial charge on any atom is -0.483 e. The summed E-state index contributed by atoms with van der Waals surface area (Å²) in [5.41, 5.74) is 1.62. The minimum absolute atomic E-state index is 0.130. The van der Waals surface area contributed by atoms with Crippen molar-refractivity contribution in [2.45, 2.75) is 31.7 Å². The van der Waals surface area contributed by atoms with Crippen LogP contribution < -0.4 is 10.1 Å². The Labute approximate surface area is 195 Å². The van der Waals surface area contributed by atoms with Gasteiger partial charge in [-0.25, -0.2) is 0 Å². The van der Waals surface area contributed by atoms with Gasteiger partial charge in [-0.1, -0.05) is 58.7 Å². The standard InChI is InChI=1S/C22H22Cl2N4O2S/c1-4-11-28-21(15(3)30-17-8-5-14(2)6-9-17)26-27-22(28)31-13-20(29)25-19-12-16(23)7-10-18(19)24/h4-10,12,15H,1,11,13H2,2-3H3,(H,25,29). The number of amides is 1. The molecule has 9 heteroatoms. The van der Waals surface area contributed by atoms with E-state index in [0.717, 1.165) is 11.3 Å². The molecule has 6 nitrogen and oxygen atoms in total. The molecule has 1 unspecified atom stereocenters. The Bertz CT molecular complexity index is 1070. The number of hydrogen-bond donors (Lipinski definition) is 1. The maximum atomic E-state index is 12.4. The van der Waals surface area contributed by atoms with E-state index in [4.69, 9.17) is 27.9 Å². The number of benzene rings is 2. The summed E-state index contributed by atoms with van der Waals surface area (Å²) in [7, 11) is 0. The molecule has 162 valence electrons. The molecule has 3 rings (SSSR count). The molecule has 0 aliphatic rings. The van der Waals surface area contributed by atoms with E-state index in [1.165, 1.54) is 11.8 Å². The topological polar surface area (TPSA) is 69.0 Å². The Hall–Kier alpha value is -2.48. The van der Waals surface area contributed by atoms with Crippen molar-refractivity contribution >= 4 is 46.6 Å². The number of anilines is 1. The second-order valence-electron chi connectivity index (χ2n) is 6.77. The number of thioether (sulfide) groups is 1. The lowest BCUT2D eigenvalue weighted by Crippen LogP contribution is -2.16. The van der Waals surface area contributed by atoms with Crippen molar-refractivity contribution in [3.63, 3.8) is 0 Å². The third-order valence-corrected chi connectivity index (χ3v) is 5.82. The van der Waals surface area contributed by atoms with Crippen molar-refractivity contribution in [1.82, 2.24) is 14.8 Å². The van der Waals surface area contributed by atoms with Crippen molar-refractivity contribution in [3.8, 4) is 5.75 Å². The SMILES string of the molecule is C=CCn1c(SCC(=O)Nc2cc(Cl)ccc2Cl)nnc1C(C)Oc1ccc(C)cc1. The summed E-state index contributed by atoms with van der Waals surface area (Å²) in [5, 5.41) is 12.8.